The molecule has 0 radical (unpaired) electrons. The second-order valence-corrected chi connectivity index (χ2v) is 9.20. The maximum Gasteiger partial charge on any atom is 0.416 e. The van der Waals surface area contributed by atoms with Crippen LogP contribution < -0.4 is 10.2 Å². The van der Waals surface area contributed by atoms with E-state index in [9.17, 15) is 18.0 Å². The smallest absolute Gasteiger partial charge is 0.364 e. The van der Waals surface area contributed by atoms with Gasteiger partial charge in [-0.25, -0.2) is 14.4 Å². The van der Waals surface area contributed by atoms with Gasteiger partial charge in [-0.05, 0) is 37.0 Å². The van der Waals surface area contributed by atoms with Crippen molar-refractivity contribution in [2.24, 2.45) is 0 Å². The van der Waals surface area contributed by atoms with Crippen LogP contribution in [0.25, 0.3) is 0 Å². The van der Waals surface area contributed by atoms with E-state index in [1.165, 1.54) is 25.4 Å². The number of alkyl halides is 4. The average Bonchev–Trinajstić information content (AvgIpc) is 2.83. The first kappa shape index (κ1) is 25.1. The van der Waals surface area contributed by atoms with Crippen molar-refractivity contribution in [2.75, 3.05) is 36.4 Å². The number of amides is 1. The summed E-state index contributed by atoms with van der Waals surface area (Å²) < 4.78 is 69.6. The Labute approximate surface area is 200 Å². The summed E-state index contributed by atoms with van der Waals surface area (Å²) in [6.45, 7) is 2.36. The van der Waals surface area contributed by atoms with Gasteiger partial charge in [-0.3, -0.25) is 4.79 Å². The van der Waals surface area contributed by atoms with E-state index in [-0.39, 0.29) is 43.0 Å². The fourth-order valence-corrected chi connectivity index (χ4v) is 4.75. The SMILES string of the molecule is CC(=O)N1CCC(F)(CNc2ncnc(N3CCCCC3c3ccc(C(F)(F)F)cc3)c2F)CC1. The van der Waals surface area contributed by atoms with Crippen molar-refractivity contribution in [3.8, 4) is 0 Å². The molecule has 0 aliphatic carbocycles. The molecule has 2 fully saturated rings. The van der Waals surface area contributed by atoms with Gasteiger partial charge in [0.05, 0.1) is 18.2 Å². The van der Waals surface area contributed by atoms with Crippen molar-refractivity contribution < 1.29 is 26.7 Å². The molecule has 4 rings (SSSR count). The number of rotatable bonds is 5. The van der Waals surface area contributed by atoms with E-state index in [1.807, 2.05) is 0 Å². The van der Waals surface area contributed by atoms with Crippen LogP contribution in [-0.2, 0) is 11.0 Å². The molecule has 2 aliphatic rings. The Hall–Kier alpha value is -2.98. The molecule has 0 saturated carbocycles. The van der Waals surface area contributed by atoms with Gasteiger partial charge in [0.2, 0.25) is 11.7 Å². The molecule has 190 valence electrons. The molecule has 1 aromatic carbocycles. The molecular formula is C24H28F5N5O. The Kier molecular flexibility index (Phi) is 7.14. The summed E-state index contributed by atoms with van der Waals surface area (Å²) >= 11 is 0. The van der Waals surface area contributed by atoms with Crippen molar-refractivity contribution >= 4 is 17.5 Å². The fourth-order valence-electron chi connectivity index (χ4n) is 4.75. The van der Waals surface area contributed by atoms with Gasteiger partial charge in [0.15, 0.2) is 11.6 Å². The minimum Gasteiger partial charge on any atom is -0.364 e. The highest BCUT2D eigenvalue weighted by Crippen LogP contribution is 2.38. The molecule has 1 N–H and O–H groups in total. The van der Waals surface area contributed by atoms with Crippen LogP contribution >= 0.6 is 0 Å². The number of aromatic nitrogens is 2. The second kappa shape index (κ2) is 9.94. The first-order chi connectivity index (χ1) is 16.6. The third-order valence-corrected chi connectivity index (χ3v) is 6.85. The van der Waals surface area contributed by atoms with Crippen LogP contribution in [0.5, 0.6) is 0 Å². The summed E-state index contributed by atoms with van der Waals surface area (Å²) in [7, 11) is 0. The molecule has 1 atom stereocenters. The van der Waals surface area contributed by atoms with Gasteiger partial charge >= 0.3 is 6.18 Å². The van der Waals surface area contributed by atoms with Crippen molar-refractivity contribution in [3.05, 3.63) is 47.5 Å². The number of piperidine rings is 2. The third kappa shape index (κ3) is 5.65. The number of anilines is 2. The van der Waals surface area contributed by atoms with Gasteiger partial charge in [-0.1, -0.05) is 12.1 Å². The van der Waals surface area contributed by atoms with E-state index in [2.05, 4.69) is 15.3 Å². The van der Waals surface area contributed by atoms with Gasteiger partial charge in [-0.15, -0.1) is 0 Å². The van der Waals surface area contributed by atoms with Gasteiger partial charge < -0.3 is 15.1 Å². The van der Waals surface area contributed by atoms with Crippen LogP contribution in [0.15, 0.2) is 30.6 Å². The van der Waals surface area contributed by atoms with Crippen LogP contribution in [0, 0.1) is 5.82 Å². The molecule has 2 saturated heterocycles. The van der Waals surface area contributed by atoms with Crippen molar-refractivity contribution in [1.82, 2.24) is 14.9 Å². The van der Waals surface area contributed by atoms with Crippen molar-refractivity contribution in [3.63, 3.8) is 0 Å². The number of hydrogen-bond donors (Lipinski definition) is 1. The first-order valence-corrected chi connectivity index (χ1v) is 11.7. The molecule has 3 heterocycles. The molecule has 0 spiro atoms. The number of carbonyl (C=O) groups is 1. The Bertz CT molecular complexity index is 1040. The predicted octanol–water partition coefficient (Wildman–Crippen LogP) is 5.13. The Morgan fingerprint density at radius 3 is 2.43 bits per heavy atom. The van der Waals surface area contributed by atoms with E-state index >= 15 is 8.78 Å². The van der Waals surface area contributed by atoms with E-state index in [0.29, 0.717) is 31.6 Å². The maximum atomic E-state index is 15.5. The molecule has 35 heavy (non-hydrogen) atoms. The number of halogens is 5. The zero-order valence-electron chi connectivity index (χ0n) is 19.4. The van der Waals surface area contributed by atoms with Gasteiger partial charge in [0.25, 0.3) is 0 Å². The highest BCUT2D eigenvalue weighted by Gasteiger charge is 2.36. The number of likely N-dealkylation sites (tertiary alicyclic amines) is 1. The van der Waals surface area contributed by atoms with Gasteiger partial charge in [0.1, 0.15) is 12.0 Å². The molecule has 1 aromatic heterocycles. The minimum absolute atomic E-state index is 0.0337. The van der Waals surface area contributed by atoms with Crippen LogP contribution in [0.4, 0.5) is 33.6 Å². The highest BCUT2D eigenvalue weighted by molar-refractivity contribution is 5.73. The summed E-state index contributed by atoms with van der Waals surface area (Å²) in [4.78, 5) is 22.9. The van der Waals surface area contributed by atoms with E-state index in [1.54, 1.807) is 9.80 Å². The lowest BCUT2D eigenvalue weighted by Crippen LogP contribution is -2.47. The molecule has 2 aliphatic heterocycles. The van der Waals surface area contributed by atoms with Crippen molar-refractivity contribution in [1.29, 1.82) is 0 Å². The maximum absolute atomic E-state index is 15.5. The number of carbonyl (C=O) groups excluding carboxylic acids is 1. The quantitative estimate of drug-likeness (QED) is 0.581. The number of benzene rings is 1. The van der Waals surface area contributed by atoms with E-state index in [4.69, 9.17) is 0 Å². The fraction of sp³-hybridized carbons (Fsp3) is 0.542. The van der Waals surface area contributed by atoms with E-state index in [0.717, 1.165) is 25.0 Å². The standard InChI is InChI=1S/C24H28F5N5O/c1-16(35)33-12-9-23(26,10-13-33)14-30-21-20(25)22(32-15-31-21)34-11-3-2-4-19(34)17-5-7-18(8-6-17)24(27,28)29/h5-8,15,19H,2-4,9-14H2,1H3,(H,30,31,32). The zero-order valence-corrected chi connectivity index (χ0v) is 19.4. The molecule has 2 aromatic rings. The van der Waals surface area contributed by atoms with Crippen LogP contribution in [-0.4, -0.2) is 52.6 Å². The lowest BCUT2D eigenvalue weighted by atomic mass is 9.93. The van der Waals surface area contributed by atoms with Gasteiger partial charge in [-0.2, -0.15) is 17.6 Å². The average molecular weight is 498 g/mol. The summed E-state index contributed by atoms with van der Waals surface area (Å²) in [5, 5.41) is 2.77. The van der Waals surface area contributed by atoms with Crippen LogP contribution in [0.3, 0.4) is 0 Å². The number of hydrogen-bond acceptors (Lipinski definition) is 5. The summed E-state index contributed by atoms with van der Waals surface area (Å²) in [5.41, 5.74) is -1.69. The Morgan fingerprint density at radius 2 is 1.80 bits per heavy atom. The lowest BCUT2D eigenvalue weighted by Gasteiger charge is -2.37. The zero-order chi connectivity index (χ0) is 25.2. The highest BCUT2D eigenvalue weighted by atomic mass is 19.4. The van der Waals surface area contributed by atoms with E-state index < -0.39 is 23.2 Å². The number of nitrogens with one attached hydrogen (secondary N) is 1. The Balaban J connectivity index is 1.50. The van der Waals surface area contributed by atoms with Crippen molar-refractivity contribution in [2.45, 2.75) is 56.9 Å². The molecule has 1 unspecified atom stereocenters. The first-order valence-electron chi connectivity index (χ1n) is 11.7. The van der Waals surface area contributed by atoms with Crippen LogP contribution in [0.2, 0.25) is 0 Å². The molecule has 11 heteroatoms. The molecule has 0 bridgehead atoms. The van der Waals surface area contributed by atoms with Gasteiger partial charge in [0, 0.05) is 39.4 Å². The largest absolute Gasteiger partial charge is 0.416 e. The lowest BCUT2D eigenvalue weighted by molar-refractivity contribution is -0.137. The molecular weight excluding hydrogens is 469 g/mol. The summed E-state index contributed by atoms with van der Waals surface area (Å²) in [5.74, 6) is -0.920. The second-order valence-electron chi connectivity index (χ2n) is 9.20. The van der Waals surface area contributed by atoms with Crippen LogP contribution in [0.1, 0.15) is 56.2 Å². The Morgan fingerprint density at radius 1 is 1.11 bits per heavy atom. The normalized spacial score (nSPS) is 20.6. The third-order valence-electron chi connectivity index (χ3n) is 6.85. The molecule has 1 amide bonds. The summed E-state index contributed by atoms with van der Waals surface area (Å²) in [6.07, 6.45) is -0.686. The summed E-state index contributed by atoms with van der Waals surface area (Å²) in [6, 6.07) is 4.56. The molecule has 6 nitrogen and oxygen atoms in total. The minimum atomic E-state index is -4.43. The number of nitrogens with zero attached hydrogens (tertiary/aromatic N) is 4. The predicted molar refractivity (Wildman–Crippen MR) is 121 cm³/mol. The topological polar surface area (TPSA) is 61.4 Å². The monoisotopic (exact) mass is 497 g/mol.